The normalized spacial score (nSPS) is 22.9. The van der Waals surface area contributed by atoms with Crippen molar-refractivity contribution >= 4 is 5.78 Å². The summed E-state index contributed by atoms with van der Waals surface area (Å²) in [4.78, 5) is 15.0. The van der Waals surface area contributed by atoms with Crippen molar-refractivity contribution < 1.29 is 4.79 Å². The van der Waals surface area contributed by atoms with E-state index >= 15 is 0 Å². The minimum absolute atomic E-state index is 0.0600. The number of hydrogen-bond acceptors (Lipinski definition) is 2. The van der Waals surface area contributed by atoms with E-state index in [2.05, 4.69) is 36.2 Å². The van der Waals surface area contributed by atoms with E-state index in [0.717, 1.165) is 18.7 Å². The van der Waals surface area contributed by atoms with Gasteiger partial charge in [0.1, 0.15) is 0 Å². The molecule has 0 amide bonds. The van der Waals surface area contributed by atoms with Gasteiger partial charge in [-0.1, -0.05) is 60.7 Å². The first-order valence-corrected chi connectivity index (χ1v) is 7.08. The van der Waals surface area contributed by atoms with Crippen LogP contribution in [-0.4, -0.2) is 30.8 Å². The first-order valence-electron chi connectivity index (χ1n) is 7.08. The Bertz CT molecular complexity index is 579. The zero-order valence-corrected chi connectivity index (χ0v) is 11.7. The topological polar surface area (TPSA) is 20.3 Å². The number of benzene rings is 2. The molecule has 0 aromatic heterocycles. The average Bonchev–Trinajstić information content (AvgIpc) is 2.90. The molecule has 3 rings (SSSR count). The fourth-order valence-electron chi connectivity index (χ4n) is 3.12. The maximum atomic E-state index is 12.7. The summed E-state index contributed by atoms with van der Waals surface area (Å²) in [6.45, 7) is 1.79. The van der Waals surface area contributed by atoms with Crippen LogP contribution in [0.15, 0.2) is 60.7 Å². The molecular formula is C18H19NO. The molecule has 1 fully saturated rings. The Labute approximate surface area is 120 Å². The number of nitrogens with zero attached hydrogens (tertiary/aromatic N) is 1. The molecule has 20 heavy (non-hydrogen) atoms. The van der Waals surface area contributed by atoms with Gasteiger partial charge in [-0.05, 0) is 12.6 Å². The number of carbonyl (C=O) groups is 1. The van der Waals surface area contributed by atoms with Gasteiger partial charge in [0.05, 0.1) is 0 Å². The average molecular weight is 265 g/mol. The molecule has 0 saturated carbocycles. The molecule has 0 N–H and O–H groups in total. The molecule has 0 radical (unpaired) electrons. The van der Waals surface area contributed by atoms with E-state index < -0.39 is 0 Å². The highest BCUT2D eigenvalue weighted by Gasteiger charge is 2.36. The summed E-state index contributed by atoms with van der Waals surface area (Å²) in [5.74, 6) is 0.627. The number of Topliss-reactive ketones (excluding diaryl/α,β-unsaturated/α-hetero) is 1. The first kappa shape index (κ1) is 13.1. The van der Waals surface area contributed by atoms with Gasteiger partial charge in [-0.25, -0.2) is 0 Å². The Morgan fingerprint density at radius 1 is 0.950 bits per heavy atom. The van der Waals surface area contributed by atoms with Crippen LogP contribution in [0.25, 0.3) is 0 Å². The summed E-state index contributed by atoms with van der Waals surface area (Å²) in [5.41, 5.74) is 2.10. The van der Waals surface area contributed by atoms with Crippen molar-refractivity contribution in [3.05, 3.63) is 71.8 Å². The summed E-state index contributed by atoms with van der Waals surface area (Å²) in [5, 5.41) is 0. The SMILES string of the molecule is CN1C[C@H](C(=O)c2ccccc2)[C@@H](c2ccccc2)C1. The van der Waals surface area contributed by atoms with Gasteiger partial charge in [0.15, 0.2) is 5.78 Å². The predicted molar refractivity (Wildman–Crippen MR) is 80.9 cm³/mol. The lowest BCUT2D eigenvalue weighted by Crippen LogP contribution is -2.22. The van der Waals surface area contributed by atoms with Gasteiger partial charge in [-0.2, -0.15) is 0 Å². The lowest BCUT2D eigenvalue weighted by Gasteiger charge is -2.17. The summed E-state index contributed by atoms with van der Waals surface area (Å²) in [7, 11) is 2.09. The Kier molecular flexibility index (Phi) is 3.66. The molecule has 102 valence electrons. The second-order valence-corrected chi connectivity index (χ2v) is 5.58. The highest BCUT2D eigenvalue weighted by atomic mass is 16.1. The van der Waals surface area contributed by atoms with Crippen LogP contribution in [-0.2, 0) is 0 Å². The number of ketones is 1. The van der Waals surface area contributed by atoms with Crippen molar-refractivity contribution in [1.29, 1.82) is 0 Å². The van der Waals surface area contributed by atoms with Gasteiger partial charge in [0.2, 0.25) is 0 Å². The van der Waals surface area contributed by atoms with Crippen molar-refractivity contribution in [2.24, 2.45) is 5.92 Å². The molecule has 2 heteroatoms. The second kappa shape index (κ2) is 5.59. The van der Waals surface area contributed by atoms with Crippen LogP contribution >= 0.6 is 0 Å². The highest BCUT2D eigenvalue weighted by molar-refractivity contribution is 5.98. The fourth-order valence-corrected chi connectivity index (χ4v) is 3.12. The molecular weight excluding hydrogens is 246 g/mol. The monoisotopic (exact) mass is 265 g/mol. The van der Waals surface area contributed by atoms with E-state index in [1.807, 2.05) is 36.4 Å². The number of rotatable bonds is 3. The van der Waals surface area contributed by atoms with Crippen molar-refractivity contribution in [3.63, 3.8) is 0 Å². The third kappa shape index (κ3) is 2.52. The van der Waals surface area contributed by atoms with Crippen LogP contribution < -0.4 is 0 Å². The van der Waals surface area contributed by atoms with Gasteiger partial charge < -0.3 is 4.90 Å². The van der Waals surface area contributed by atoms with Crippen LogP contribution in [0, 0.1) is 5.92 Å². The van der Waals surface area contributed by atoms with Gasteiger partial charge in [-0.15, -0.1) is 0 Å². The molecule has 2 aromatic rings. The number of hydrogen-bond donors (Lipinski definition) is 0. The summed E-state index contributed by atoms with van der Waals surface area (Å²) in [6, 6.07) is 20.1. The third-order valence-electron chi connectivity index (χ3n) is 4.13. The van der Waals surface area contributed by atoms with E-state index in [0.29, 0.717) is 5.92 Å². The number of likely N-dealkylation sites (N-methyl/N-ethyl adjacent to an activating group) is 1. The quantitative estimate of drug-likeness (QED) is 0.794. The van der Waals surface area contributed by atoms with Gasteiger partial charge >= 0.3 is 0 Å². The van der Waals surface area contributed by atoms with Gasteiger partial charge in [-0.3, -0.25) is 4.79 Å². The second-order valence-electron chi connectivity index (χ2n) is 5.58. The molecule has 0 bridgehead atoms. The van der Waals surface area contributed by atoms with Crippen molar-refractivity contribution in [1.82, 2.24) is 4.90 Å². The van der Waals surface area contributed by atoms with E-state index in [1.165, 1.54) is 5.56 Å². The minimum Gasteiger partial charge on any atom is -0.305 e. The number of carbonyl (C=O) groups excluding carboxylic acids is 1. The fraction of sp³-hybridized carbons (Fsp3) is 0.278. The lowest BCUT2D eigenvalue weighted by molar-refractivity contribution is 0.0915. The zero-order valence-electron chi connectivity index (χ0n) is 11.7. The van der Waals surface area contributed by atoms with E-state index in [1.54, 1.807) is 0 Å². The zero-order chi connectivity index (χ0) is 13.9. The number of likely N-dealkylation sites (tertiary alicyclic amines) is 1. The smallest absolute Gasteiger partial charge is 0.167 e. The molecule has 1 heterocycles. The Hall–Kier alpha value is -1.93. The van der Waals surface area contributed by atoms with E-state index in [-0.39, 0.29) is 11.7 Å². The molecule has 1 aliphatic heterocycles. The summed E-state index contributed by atoms with van der Waals surface area (Å²) < 4.78 is 0. The lowest BCUT2D eigenvalue weighted by atomic mass is 9.84. The van der Waals surface area contributed by atoms with Crippen LogP contribution in [0.5, 0.6) is 0 Å². The maximum absolute atomic E-state index is 12.7. The highest BCUT2D eigenvalue weighted by Crippen LogP contribution is 2.34. The van der Waals surface area contributed by atoms with Gasteiger partial charge in [0, 0.05) is 30.5 Å². The Morgan fingerprint density at radius 2 is 1.55 bits per heavy atom. The molecule has 0 unspecified atom stereocenters. The van der Waals surface area contributed by atoms with Crippen molar-refractivity contribution in [3.8, 4) is 0 Å². The molecule has 1 aliphatic rings. The van der Waals surface area contributed by atoms with E-state index in [4.69, 9.17) is 0 Å². The van der Waals surface area contributed by atoms with Crippen molar-refractivity contribution in [2.75, 3.05) is 20.1 Å². The molecule has 2 atom stereocenters. The Morgan fingerprint density at radius 3 is 2.20 bits per heavy atom. The van der Waals surface area contributed by atoms with Crippen LogP contribution in [0.1, 0.15) is 21.8 Å². The summed E-state index contributed by atoms with van der Waals surface area (Å²) in [6.07, 6.45) is 0. The minimum atomic E-state index is 0.0600. The molecule has 2 aromatic carbocycles. The molecule has 1 saturated heterocycles. The summed E-state index contributed by atoms with van der Waals surface area (Å²) >= 11 is 0. The third-order valence-corrected chi connectivity index (χ3v) is 4.13. The van der Waals surface area contributed by atoms with E-state index in [9.17, 15) is 4.79 Å². The molecule has 0 spiro atoms. The first-order chi connectivity index (χ1) is 9.75. The standard InChI is InChI=1S/C18H19NO/c1-19-12-16(14-8-4-2-5-9-14)17(13-19)18(20)15-10-6-3-7-11-15/h2-11,16-17H,12-13H2,1H3/t16-,17+/m1/s1. The predicted octanol–water partition coefficient (Wildman–Crippen LogP) is 3.21. The molecule has 0 aliphatic carbocycles. The Balaban J connectivity index is 1.89. The van der Waals surface area contributed by atoms with Crippen LogP contribution in [0.3, 0.4) is 0 Å². The van der Waals surface area contributed by atoms with Crippen LogP contribution in [0.2, 0.25) is 0 Å². The molecule has 2 nitrogen and oxygen atoms in total. The maximum Gasteiger partial charge on any atom is 0.167 e. The van der Waals surface area contributed by atoms with Crippen LogP contribution in [0.4, 0.5) is 0 Å². The largest absolute Gasteiger partial charge is 0.305 e. The van der Waals surface area contributed by atoms with Crippen molar-refractivity contribution in [2.45, 2.75) is 5.92 Å². The van der Waals surface area contributed by atoms with Gasteiger partial charge in [0.25, 0.3) is 0 Å².